The van der Waals surface area contributed by atoms with Crippen molar-refractivity contribution in [3.63, 3.8) is 0 Å². The van der Waals surface area contributed by atoms with Crippen molar-refractivity contribution in [3.05, 3.63) is 24.0 Å². The SMILES string of the molecule is CC(C)Oc1cncc(C(=O)C2CCCCCN2)c1. The number of ether oxygens (including phenoxy) is 1. The van der Waals surface area contributed by atoms with Gasteiger partial charge in [0, 0.05) is 11.8 Å². The van der Waals surface area contributed by atoms with Gasteiger partial charge in [-0.15, -0.1) is 0 Å². The highest BCUT2D eigenvalue weighted by atomic mass is 16.5. The summed E-state index contributed by atoms with van der Waals surface area (Å²) in [6.07, 6.45) is 7.74. The van der Waals surface area contributed by atoms with Gasteiger partial charge < -0.3 is 10.1 Å². The van der Waals surface area contributed by atoms with Crippen LogP contribution in [0.15, 0.2) is 18.5 Å². The van der Waals surface area contributed by atoms with E-state index in [1.165, 1.54) is 6.42 Å². The molecule has 4 heteroatoms. The quantitative estimate of drug-likeness (QED) is 0.847. The number of aromatic nitrogens is 1. The molecule has 2 heterocycles. The third kappa shape index (κ3) is 4.03. The van der Waals surface area contributed by atoms with E-state index in [1.807, 2.05) is 13.8 Å². The molecule has 19 heavy (non-hydrogen) atoms. The zero-order valence-electron chi connectivity index (χ0n) is 11.7. The molecule has 1 aliphatic rings. The fourth-order valence-corrected chi connectivity index (χ4v) is 2.34. The maximum Gasteiger partial charge on any atom is 0.181 e. The van der Waals surface area contributed by atoms with Crippen LogP contribution in [0.4, 0.5) is 0 Å². The standard InChI is InChI=1S/C15H22N2O2/c1-11(2)19-13-8-12(9-16-10-13)15(18)14-6-4-3-5-7-17-14/h8-11,14,17H,3-7H2,1-2H3. The average Bonchev–Trinajstić information content (AvgIpc) is 2.66. The van der Waals surface area contributed by atoms with Crippen LogP contribution in [0.5, 0.6) is 5.75 Å². The fourth-order valence-electron chi connectivity index (χ4n) is 2.34. The topological polar surface area (TPSA) is 51.2 Å². The first kappa shape index (κ1) is 14.0. The summed E-state index contributed by atoms with van der Waals surface area (Å²) in [6, 6.07) is 1.72. The Kier molecular flexibility index (Phi) is 4.91. The zero-order valence-corrected chi connectivity index (χ0v) is 11.7. The van der Waals surface area contributed by atoms with Crippen molar-refractivity contribution in [1.82, 2.24) is 10.3 Å². The van der Waals surface area contributed by atoms with Gasteiger partial charge >= 0.3 is 0 Å². The Hall–Kier alpha value is -1.42. The van der Waals surface area contributed by atoms with Crippen LogP contribution in [-0.2, 0) is 0 Å². The van der Waals surface area contributed by atoms with Gasteiger partial charge in [-0.25, -0.2) is 0 Å². The van der Waals surface area contributed by atoms with Crippen LogP contribution in [0.25, 0.3) is 0 Å². The molecule has 0 amide bonds. The van der Waals surface area contributed by atoms with E-state index < -0.39 is 0 Å². The van der Waals surface area contributed by atoms with Crippen molar-refractivity contribution in [2.75, 3.05) is 6.54 Å². The second kappa shape index (κ2) is 6.66. The Bertz CT molecular complexity index is 424. The first-order valence-corrected chi connectivity index (χ1v) is 7.06. The second-order valence-electron chi connectivity index (χ2n) is 5.30. The summed E-state index contributed by atoms with van der Waals surface area (Å²) in [4.78, 5) is 16.5. The summed E-state index contributed by atoms with van der Waals surface area (Å²) >= 11 is 0. The van der Waals surface area contributed by atoms with Crippen LogP contribution in [0, 0.1) is 0 Å². The van der Waals surface area contributed by atoms with Crippen LogP contribution in [0.3, 0.4) is 0 Å². The van der Waals surface area contributed by atoms with Gasteiger partial charge in [0.25, 0.3) is 0 Å². The number of hydrogen-bond acceptors (Lipinski definition) is 4. The third-order valence-corrected chi connectivity index (χ3v) is 3.25. The van der Waals surface area contributed by atoms with E-state index in [4.69, 9.17) is 4.74 Å². The molecular formula is C15H22N2O2. The number of rotatable bonds is 4. The van der Waals surface area contributed by atoms with Crippen molar-refractivity contribution >= 4 is 5.78 Å². The van der Waals surface area contributed by atoms with Crippen molar-refractivity contribution < 1.29 is 9.53 Å². The van der Waals surface area contributed by atoms with Crippen molar-refractivity contribution in [3.8, 4) is 5.75 Å². The first-order valence-electron chi connectivity index (χ1n) is 7.06. The smallest absolute Gasteiger partial charge is 0.181 e. The van der Waals surface area contributed by atoms with Gasteiger partial charge in [-0.3, -0.25) is 9.78 Å². The summed E-state index contributed by atoms with van der Waals surface area (Å²) in [5.41, 5.74) is 0.637. The molecule has 1 unspecified atom stereocenters. The highest BCUT2D eigenvalue weighted by Gasteiger charge is 2.21. The number of Topliss-reactive ketones (excluding diaryl/α,β-unsaturated/α-hetero) is 1. The lowest BCUT2D eigenvalue weighted by atomic mass is 10.0. The Labute approximate surface area is 114 Å². The first-order chi connectivity index (χ1) is 9.16. The maximum atomic E-state index is 12.4. The van der Waals surface area contributed by atoms with Crippen molar-refractivity contribution in [2.45, 2.75) is 51.7 Å². The molecule has 1 aliphatic heterocycles. The van der Waals surface area contributed by atoms with Crippen LogP contribution in [0.2, 0.25) is 0 Å². The summed E-state index contributed by atoms with van der Waals surface area (Å²) < 4.78 is 5.58. The molecule has 1 aromatic rings. The predicted molar refractivity (Wildman–Crippen MR) is 74.6 cm³/mol. The lowest BCUT2D eigenvalue weighted by Crippen LogP contribution is -2.36. The number of nitrogens with one attached hydrogen (secondary N) is 1. The van der Waals surface area contributed by atoms with Gasteiger partial charge in [-0.05, 0) is 39.3 Å². The van der Waals surface area contributed by atoms with Crippen LogP contribution in [0.1, 0.15) is 49.9 Å². The average molecular weight is 262 g/mol. The Morgan fingerprint density at radius 1 is 1.37 bits per heavy atom. The minimum absolute atomic E-state index is 0.0707. The van der Waals surface area contributed by atoms with Gasteiger partial charge in [-0.1, -0.05) is 12.8 Å². The van der Waals surface area contributed by atoms with Gasteiger partial charge in [0.2, 0.25) is 0 Å². The fraction of sp³-hybridized carbons (Fsp3) is 0.600. The number of nitrogens with zero attached hydrogens (tertiary/aromatic N) is 1. The molecule has 1 N–H and O–H groups in total. The molecule has 1 aromatic heterocycles. The summed E-state index contributed by atoms with van der Waals surface area (Å²) in [5, 5.41) is 3.32. The monoisotopic (exact) mass is 262 g/mol. The van der Waals surface area contributed by atoms with E-state index in [-0.39, 0.29) is 17.9 Å². The van der Waals surface area contributed by atoms with Crippen molar-refractivity contribution in [2.24, 2.45) is 0 Å². The second-order valence-corrected chi connectivity index (χ2v) is 5.30. The number of ketones is 1. The van der Waals surface area contributed by atoms with E-state index >= 15 is 0 Å². The Morgan fingerprint density at radius 2 is 2.21 bits per heavy atom. The zero-order chi connectivity index (χ0) is 13.7. The third-order valence-electron chi connectivity index (χ3n) is 3.25. The molecular weight excluding hydrogens is 240 g/mol. The molecule has 0 spiro atoms. The number of pyridine rings is 1. The Morgan fingerprint density at radius 3 is 3.00 bits per heavy atom. The molecule has 0 bridgehead atoms. The Balaban J connectivity index is 2.09. The minimum atomic E-state index is -0.0707. The summed E-state index contributed by atoms with van der Waals surface area (Å²) in [7, 11) is 0. The summed E-state index contributed by atoms with van der Waals surface area (Å²) in [6.45, 7) is 4.84. The highest BCUT2D eigenvalue weighted by molar-refractivity contribution is 6.00. The van der Waals surface area contributed by atoms with Gasteiger partial charge in [0.15, 0.2) is 5.78 Å². The van der Waals surface area contributed by atoms with Crippen molar-refractivity contribution in [1.29, 1.82) is 0 Å². The van der Waals surface area contributed by atoms with Gasteiger partial charge in [0.05, 0.1) is 18.3 Å². The largest absolute Gasteiger partial charge is 0.489 e. The van der Waals surface area contributed by atoms with Crippen LogP contribution in [-0.4, -0.2) is 29.5 Å². The minimum Gasteiger partial charge on any atom is -0.489 e. The number of hydrogen-bond donors (Lipinski definition) is 1. The molecule has 0 aromatic carbocycles. The number of carbonyl (C=O) groups is 1. The van der Waals surface area contributed by atoms with Gasteiger partial charge in [-0.2, -0.15) is 0 Å². The molecule has 1 saturated heterocycles. The van der Waals surface area contributed by atoms with Crippen LogP contribution < -0.4 is 10.1 Å². The highest BCUT2D eigenvalue weighted by Crippen LogP contribution is 2.17. The molecule has 0 saturated carbocycles. The molecule has 104 valence electrons. The lowest BCUT2D eigenvalue weighted by Gasteiger charge is -2.15. The molecule has 4 nitrogen and oxygen atoms in total. The van der Waals surface area contributed by atoms with E-state index in [1.54, 1.807) is 18.5 Å². The van der Waals surface area contributed by atoms with E-state index in [2.05, 4.69) is 10.3 Å². The predicted octanol–water partition coefficient (Wildman–Crippen LogP) is 2.58. The number of carbonyl (C=O) groups excluding carboxylic acids is 1. The molecule has 0 radical (unpaired) electrons. The van der Waals surface area contributed by atoms with Crippen LogP contribution >= 0.6 is 0 Å². The maximum absolute atomic E-state index is 12.4. The molecule has 1 atom stereocenters. The van der Waals surface area contributed by atoms with E-state index in [9.17, 15) is 4.79 Å². The summed E-state index contributed by atoms with van der Waals surface area (Å²) in [5.74, 6) is 0.790. The normalized spacial score (nSPS) is 20.1. The van der Waals surface area contributed by atoms with Gasteiger partial charge in [0.1, 0.15) is 5.75 Å². The molecule has 1 fully saturated rings. The lowest BCUT2D eigenvalue weighted by molar-refractivity contribution is 0.0939. The van der Waals surface area contributed by atoms with E-state index in [0.717, 1.165) is 25.8 Å². The van der Waals surface area contributed by atoms with E-state index in [0.29, 0.717) is 11.3 Å². The molecule has 2 rings (SSSR count). The molecule has 0 aliphatic carbocycles.